The predicted octanol–water partition coefficient (Wildman–Crippen LogP) is 2.55. The third-order valence-corrected chi connectivity index (χ3v) is 3.30. The number of carbonyl (C=O) groups is 1. The van der Waals surface area contributed by atoms with Crippen molar-refractivity contribution in [1.29, 1.82) is 0 Å². The van der Waals surface area contributed by atoms with Gasteiger partial charge in [-0.25, -0.2) is 0 Å². The summed E-state index contributed by atoms with van der Waals surface area (Å²) in [4.78, 5) is 13.5. The molecule has 1 aromatic carbocycles. The van der Waals surface area contributed by atoms with E-state index in [4.69, 9.17) is 5.73 Å². The molecule has 0 saturated carbocycles. The van der Waals surface area contributed by atoms with Crippen LogP contribution in [0.4, 0.5) is 0 Å². The molecule has 1 atom stereocenters. The van der Waals surface area contributed by atoms with Gasteiger partial charge in [0, 0.05) is 26.1 Å². The Bertz CT molecular complexity index is 396. The average molecular weight is 262 g/mol. The van der Waals surface area contributed by atoms with Crippen molar-refractivity contribution in [2.75, 3.05) is 13.6 Å². The molecular weight excluding hydrogens is 236 g/mol. The van der Waals surface area contributed by atoms with Crippen molar-refractivity contribution in [3.05, 3.63) is 35.4 Å². The van der Waals surface area contributed by atoms with E-state index in [1.54, 1.807) is 4.90 Å². The first kappa shape index (κ1) is 15.7. The summed E-state index contributed by atoms with van der Waals surface area (Å²) in [6.45, 7) is 6.98. The maximum Gasteiger partial charge on any atom is 0.223 e. The maximum atomic E-state index is 11.8. The molecular formula is C16H26N2O. The number of amides is 1. The van der Waals surface area contributed by atoms with E-state index in [0.717, 1.165) is 13.0 Å². The largest absolute Gasteiger partial charge is 0.345 e. The molecule has 0 saturated heterocycles. The van der Waals surface area contributed by atoms with Crippen LogP contribution >= 0.6 is 0 Å². The number of likely N-dealkylation sites (N-methyl/N-ethyl adjacent to an activating group) is 1. The Kier molecular flexibility index (Phi) is 6.03. The van der Waals surface area contributed by atoms with Gasteiger partial charge in [-0.1, -0.05) is 38.1 Å². The lowest BCUT2D eigenvalue weighted by atomic mass is 10.0. The molecule has 0 aliphatic carbocycles. The van der Waals surface area contributed by atoms with Gasteiger partial charge in [-0.2, -0.15) is 0 Å². The van der Waals surface area contributed by atoms with Crippen LogP contribution in [-0.2, 0) is 11.2 Å². The average Bonchev–Trinajstić information content (AvgIpc) is 2.35. The third-order valence-electron chi connectivity index (χ3n) is 3.30. The van der Waals surface area contributed by atoms with Crippen molar-refractivity contribution in [3.8, 4) is 0 Å². The molecule has 0 aliphatic heterocycles. The fourth-order valence-electron chi connectivity index (χ4n) is 1.92. The Morgan fingerprint density at radius 3 is 2.26 bits per heavy atom. The molecule has 1 rings (SSSR count). The molecule has 0 fully saturated rings. The van der Waals surface area contributed by atoms with Crippen LogP contribution < -0.4 is 5.73 Å². The highest BCUT2D eigenvalue weighted by Gasteiger charge is 2.10. The first-order valence-electron chi connectivity index (χ1n) is 6.98. The van der Waals surface area contributed by atoms with E-state index in [0.29, 0.717) is 12.3 Å². The number of carbonyl (C=O) groups excluding carboxylic acids is 1. The van der Waals surface area contributed by atoms with Gasteiger partial charge in [0.15, 0.2) is 0 Å². The first-order chi connectivity index (χ1) is 8.90. The monoisotopic (exact) mass is 262 g/mol. The van der Waals surface area contributed by atoms with Crippen molar-refractivity contribution in [1.82, 2.24) is 4.90 Å². The number of hydrogen-bond donors (Lipinski definition) is 1. The zero-order valence-corrected chi connectivity index (χ0v) is 12.5. The van der Waals surface area contributed by atoms with Crippen LogP contribution in [0.2, 0.25) is 0 Å². The van der Waals surface area contributed by atoms with Gasteiger partial charge in [0.2, 0.25) is 5.91 Å². The molecule has 2 N–H and O–H groups in total. The normalized spacial score (nSPS) is 12.5. The first-order valence-corrected chi connectivity index (χ1v) is 6.98. The van der Waals surface area contributed by atoms with Crippen molar-refractivity contribution < 1.29 is 4.79 Å². The highest BCUT2D eigenvalue weighted by molar-refractivity contribution is 5.76. The van der Waals surface area contributed by atoms with Gasteiger partial charge < -0.3 is 10.6 Å². The van der Waals surface area contributed by atoms with Gasteiger partial charge in [-0.05, 0) is 30.4 Å². The minimum absolute atomic E-state index is 0.0692. The molecule has 0 radical (unpaired) electrons. The summed E-state index contributed by atoms with van der Waals surface area (Å²) in [5, 5.41) is 0. The third kappa shape index (κ3) is 5.43. The summed E-state index contributed by atoms with van der Waals surface area (Å²) in [5.41, 5.74) is 8.26. The van der Waals surface area contributed by atoms with E-state index in [1.807, 2.05) is 14.0 Å². The molecule has 0 heterocycles. The smallest absolute Gasteiger partial charge is 0.223 e. The van der Waals surface area contributed by atoms with Crippen LogP contribution in [0, 0.1) is 0 Å². The molecule has 0 aliphatic rings. The molecule has 19 heavy (non-hydrogen) atoms. The van der Waals surface area contributed by atoms with E-state index in [9.17, 15) is 4.79 Å². The van der Waals surface area contributed by atoms with E-state index in [-0.39, 0.29) is 11.9 Å². The molecule has 1 aromatic rings. The summed E-state index contributed by atoms with van der Waals surface area (Å²) < 4.78 is 0. The summed E-state index contributed by atoms with van der Waals surface area (Å²) in [5.74, 6) is 0.679. The number of benzene rings is 1. The molecule has 0 bridgehead atoms. The van der Waals surface area contributed by atoms with E-state index < -0.39 is 0 Å². The summed E-state index contributed by atoms with van der Waals surface area (Å²) >= 11 is 0. The standard InChI is InChI=1S/C16H26N2O/c1-12(2)15-7-5-14(6-8-15)9-10-18(4)16(19)11-13(3)17/h5-8,12-13H,9-11,17H2,1-4H3. The van der Waals surface area contributed by atoms with Gasteiger partial charge in [0.25, 0.3) is 0 Å². The van der Waals surface area contributed by atoms with Crippen LogP contribution in [0.25, 0.3) is 0 Å². The second-order valence-corrected chi connectivity index (χ2v) is 5.64. The number of rotatable bonds is 6. The fourth-order valence-corrected chi connectivity index (χ4v) is 1.92. The SMILES string of the molecule is CC(N)CC(=O)N(C)CCc1ccc(C(C)C)cc1. The van der Waals surface area contributed by atoms with Gasteiger partial charge in [-0.3, -0.25) is 4.79 Å². The van der Waals surface area contributed by atoms with Crippen LogP contribution in [0.3, 0.4) is 0 Å². The van der Waals surface area contributed by atoms with Crippen LogP contribution in [0.1, 0.15) is 44.2 Å². The lowest BCUT2D eigenvalue weighted by Gasteiger charge is -2.18. The second-order valence-electron chi connectivity index (χ2n) is 5.64. The molecule has 0 spiro atoms. The van der Waals surface area contributed by atoms with Gasteiger partial charge in [0.05, 0.1) is 0 Å². The van der Waals surface area contributed by atoms with E-state index in [1.165, 1.54) is 11.1 Å². The van der Waals surface area contributed by atoms with E-state index in [2.05, 4.69) is 38.1 Å². The molecule has 1 amide bonds. The Hall–Kier alpha value is -1.35. The Morgan fingerprint density at radius 2 is 1.79 bits per heavy atom. The van der Waals surface area contributed by atoms with E-state index >= 15 is 0 Å². The zero-order chi connectivity index (χ0) is 14.4. The van der Waals surface area contributed by atoms with Crippen molar-refractivity contribution in [2.24, 2.45) is 5.73 Å². The molecule has 3 heteroatoms. The Labute approximate surface area is 116 Å². The van der Waals surface area contributed by atoms with Crippen LogP contribution in [0.15, 0.2) is 24.3 Å². The lowest BCUT2D eigenvalue weighted by molar-refractivity contribution is -0.130. The maximum absolute atomic E-state index is 11.8. The van der Waals surface area contributed by atoms with Gasteiger partial charge in [0.1, 0.15) is 0 Å². The van der Waals surface area contributed by atoms with Crippen molar-refractivity contribution >= 4 is 5.91 Å². The molecule has 1 unspecified atom stereocenters. The zero-order valence-electron chi connectivity index (χ0n) is 12.5. The second kappa shape index (κ2) is 7.29. The predicted molar refractivity (Wildman–Crippen MR) is 80.1 cm³/mol. The summed E-state index contributed by atoms with van der Waals surface area (Å²) in [6.07, 6.45) is 1.31. The Balaban J connectivity index is 2.45. The minimum Gasteiger partial charge on any atom is -0.345 e. The minimum atomic E-state index is -0.0692. The quantitative estimate of drug-likeness (QED) is 0.856. The summed E-state index contributed by atoms with van der Waals surface area (Å²) in [7, 11) is 1.84. The van der Waals surface area contributed by atoms with Crippen LogP contribution in [-0.4, -0.2) is 30.4 Å². The Morgan fingerprint density at radius 1 is 1.21 bits per heavy atom. The molecule has 106 valence electrons. The molecule has 3 nitrogen and oxygen atoms in total. The van der Waals surface area contributed by atoms with Crippen LogP contribution in [0.5, 0.6) is 0 Å². The van der Waals surface area contributed by atoms with Gasteiger partial charge in [-0.15, -0.1) is 0 Å². The topological polar surface area (TPSA) is 46.3 Å². The van der Waals surface area contributed by atoms with Crippen molar-refractivity contribution in [2.45, 2.75) is 45.6 Å². The van der Waals surface area contributed by atoms with Gasteiger partial charge >= 0.3 is 0 Å². The van der Waals surface area contributed by atoms with Crippen molar-refractivity contribution in [3.63, 3.8) is 0 Å². The fraction of sp³-hybridized carbons (Fsp3) is 0.562. The lowest BCUT2D eigenvalue weighted by Crippen LogP contribution is -2.33. The number of nitrogens with two attached hydrogens (primary N) is 1. The highest BCUT2D eigenvalue weighted by atomic mass is 16.2. The highest BCUT2D eigenvalue weighted by Crippen LogP contribution is 2.15. The number of nitrogens with zero attached hydrogens (tertiary/aromatic N) is 1. The summed E-state index contributed by atoms with van der Waals surface area (Å²) in [6, 6.07) is 8.58. The molecule has 0 aromatic heterocycles. The number of hydrogen-bond acceptors (Lipinski definition) is 2.